The predicted octanol–water partition coefficient (Wildman–Crippen LogP) is 5.67. The number of ether oxygens (including phenoxy) is 1. The van der Waals surface area contributed by atoms with Gasteiger partial charge in [0.15, 0.2) is 0 Å². The van der Waals surface area contributed by atoms with Crippen LogP contribution >= 0.6 is 0 Å². The predicted molar refractivity (Wildman–Crippen MR) is 142 cm³/mol. The lowest BCUT2D eigenvalue weighted by Crippen LogP contribution is -2.32. The van der Waals surface area contributed by atoms with E-state index in [4.69, 9.17) is 9.26 Å². The maximum absolute atomic E-state index is 13.5. The van der Waals surface area contributed by atoms with Crippen LogP contribution in [-0.2, 0) is 24.5 Å². The highest BCUT2D eigenvalue weighted by Gasteiger charge is 2.31. The quantitative estimate of drug-likeness (QED) is 0.293. The van der Waals surface area contributed by atoms with Crippen LogP contribution in [0.5, 0.6) is 0 Å². The van der Waals surface area contributed by atoms with E-state index in [1.54, 1.807) is 76.1 Å². The van der Waals surface area contributed by atoms with Gasteiger partial charge in [-0.05, 0) is 62.1 Å². The van der Waals surface area contributed by atoms with Gasteiger partial charge in [0.1, 0.15) is 5.60 Å². The smallest absolute Gasteiger partial charge is 0.416 e. The monoisotopic (exact) mass is 570 g/mol. The lowest BCUT2D eigenvalue weighted by atomic mass is 9.95. The zero-order valence-electron chi connectivity index (χ0n) is 23.0. The van der Waals surface area contributed by atoms with Crippen molar-refractivity contribution in [2.24, 2.45) is 7.05 Å². The molecule has 0 spiro atoms. The SMILES string of the molecule is C[C@@H](NC(=O)c1nc(-c2cnn(C)c2)no1)c1ccc(-c2cc(C(F)(F)F)ccc2CNC(=O)OC(C)(C)C)cc1. The number of nitrogens with one attached hydrogen (secondary N) is 2. The number of aromatic nitrogens is 4. The summed E-state index contributed by atoms with van der Waals surface area (Å²) < 4.78 is 52.4. The van der Waals surface area contributed by atoms with Crippen LogP contribution in [0.1, 0.15) is 61.1 Å². The Morgan fingerprint density at radius 2 is 1.78 bits per heavy atom. The van der Waals surface area contributed by atoms with E-state index in [0.717, 1.165) is 12.1 Å². The summed E-state index contributed by atoms with van der Waals surface area (Å²) in [6.07, 6.45) is -2.01. The summed E-state index contributed by atoms with van der Waals surface area (Å²) in [4.78, 5) is 28.9. The molecule has 0 radical (unpaired) electrons. The molecule has 0 bridgehead atoms. The topological polar surface area (TPSA) is 124 Å². The molecule has 1 atom stereocenters. The Kier molecular flexibility index (Phi) is 8.17. The van der Waals surface area contributed by atoms with E-state index in [1.807, 2.05) is 0 Å². The first-order valence-corrected chi connectivity index (χ1v) is 12.6. The largest absolute Gasteiger partial charge is 0.444 e. The van der Waals surface area contributed by atoms with Crippen molar-refractivity contribution >= 4 is 12.0 Å². The van der Waals surface area contributed by atoms with Crippen LogP contribution in [0.2, 0.25) is 0 Å². The minimum Gasteiger partial charge on any atom is -0.444 e. The number of amides is 2. The van der Waals surface area contributed by atoms with Crippen LogP contribution in [0.25, 0.3) is 22.5 Å². The van der Waals surface area contributed by atoms with Gasteiger partial charge in [-0.1, -0.05) is 35.5 Å². The average Bonchev–Trinajstić information content (AvgIpc) is 3.55. The number of rotatable bonds is 7. The molecule has 0 aliphatic rings. The number of carbonyl (C=O) groups excluding carboxylic acids is 2. The summed E-state index contributed by atoms with van der Waals surface area (Å²) in [6.45, 7) is 6.84. The first-order chi connectivity index (χ1) is 19.2. The van der Waals surface area contributed by atoms with Crippen LogP contribution in [0, 0.1) is 0 Å². The Hall–Kier alpha value is -4.68. The molecule has 13 heteroatoms. The number of carbonyl (C=O) groups is 2. The Morgan fingerprint density at radius 1 is 1.07 bits per heavy atom. The third-order valence-electron chi connectivity index (χ3n) is 5.91. The molecule has 0 aliphatic carbocycles. The van der Waals surface area contributed by atoms with Crippen molar-refractivity contribution in [2.45, 2.75) is 52.1 Å². The van der Waals surface area contributed by atoms with Gasteiger partial charge in [-0.2, -0.15) is 23.3 Å². The molecule has 0 aliphatic heterocycles. The molecular formula is C28H29F3N6O4. The summed E-state index contributed by atoms with van der Waals surface area (Å²) in [6, 6.07) is 9.55. The Morgan fingerprint density at radius 3 is 2.39 bits per heavy atom. The van der Waals surface area contributed by atoms with Crippen molar-refractivity contribution in [3.05, 3.63) is 77.4 Å². The van der Waals surface area contributed by atoms with Crippen LogP contribution in [-0.4, -0.2) is 37.5 Å². The summed E-state index contributed by atoms with van der Waals surface area (Å²) in [7, 11) is 1.74. The Bertz CT molecular complexity index is 1540. The third kappa shape index (κ3) is 7.50. The second-order valence-electron chi connectivity index (χ2n) is 10.4. The minimum atomic E-state index is -4.55. The molecular weight excluding hydrogens is 541 g/mol. The first kappa shape index (κ1) is 29.3. The normalized spacial score (nSPS) is 12.6. The number of aryl methyl sites for hydroxylation is 1. The summed E-state index contributed by atoms with van der Waals surface area (Å²) in [5.74, 6) is -0.589. The Labute approximate surface area is 233 Å². The molecule has 2 aromatic carbocycles. The third-order valence-corrected chi connectivity index (χ3v) is 5.91. The molecule has 0 unspecified atom stereocenters. The minimum absolute atomic E-state index is 0.0399. The molecule has 0 saturated heterocycles. The number of hydrogen-bond donors (Lipinski definition) is 2. The fourth-order valence-electron chi connectivity index (χ4n) is 3.92. The van der Waals surface area contributed by atoms with Crippen molar-refractivity contribution in [2.75, 3.05) is 0 Å². The molecule has 4 rings (SSSR count). The zero-order valence-corrected chi connectivity index (χ0v) is 23.0. The van der Waals surface area contributed by atoms with Gasteiger partial charge in [-0.15, -0.1) is 0 Å². The highest BCUT2D eigenvalue weighted by atomic mass is 19.4. The van der Waals surface area contributed by atoms with Crippen molar-refractivity contribution in [1.29, 1.82) is 0 Å². The summed E-state index contributed by atoms with van der Waals surface area (Å²) >= 11 is 0. The number of nitrogens with zero attached hydrogens (tertiary/aromatic N) is 4. The number of alkyl halides is 3. The van der Waals surface area contributed by atoms with E-state index in [2.05, 4.69) is 25.9 Å². The highest BCUT2D eigenvalue weighted by Crippen LogP contribution is 2.34. The van der Waals surface area contributed by atoms with Gasteiger partial charge in [0.25, 0.3) is 0 Å². The molecule has 216 valence electrons. The van der Waals surface area contributed by atoms with Crippen molar-refractivity contribution in [1.82, 2.24) is 30.6 Å². The molecule has 2 N–H and O–H groups in total. The van der Waals surface area contributed by atoms with E-state index >= 15 is 0 Å². The number of hydrogen-bond acceptors (Lipinski definition) is 7. The molecule has 2 aromatic heterocycles. The molecule has 2 amide bonds. The van der Waals surface area contributed by atoms with Gasteiger partial charge in [-0.3, -0.25) is 9.48 Å². The molecule has 41 heavy (non-hydrogen) atoms. The van der Waals surface area contributed by atoms with Gasteiger partial charge >= 0.3 is 24.1 Å². The molecule has 0 fully saturated rings. The fourth-order valence-corrected chi connectivity index (χ4v) is 3.92. The van der Waals surface area contributed by atoms with Crippen LogP contribution in [0.4, 0.5) is 18.0 Å². The van der Waals surface area contributed by atoms with E-state index in [9.17, 15) is 22.8 Å². The van der Waals surface area contributed by atoms with Crippen molar-refractivity contribution in [3.8, 4) is 22.5 Å². The van der Waals surface area contributed by atoms with Crippen molar-refractivity contribution in [3.63, 3.8) is 0 Å². The second kappa shape index (κ2) is 11.4. The zero-order chi connectivity index (χ0) is 29.9. The van der Waals surface area contributed by atoms with E-state index in [1.165, 1.54) is 6.07 Å². The number of alkyl carbamates (subject to hydrolysis) is 1. The average molecular weight is 571 g/mol. The van der Waals surface area contributed by atoms with E-state index in [0.29, 0.717) is 27.8 Å². The van der Waals surface area contributed by atoms with Crippen LogP contribution < -0.4 is 10.6 Å². The lowest BCUT2D eigenvalue weighted by Gasteiger charge is -2.20. The lowest BCUT2D eigenvalue weighted by molar-refractivity contribution is -0.137. The summed E-state index contributed by atoms with van der Waals surface area (Å²) in [5.41, 5.74) is 1.01. The Balaban J connectivity index is 1.50. The van der Waals surface area contributed by atoms with Crippen LogP contribution in [0.15, 0.2) is 59.4 Å². The van der Waals surface area contributed by atoms with Gasteiger partial charge in [-0.25, -0.2) is 4.79 Å². The highest BCUT2D eigenvalue weighted by molar-refractivity contribution is 5.90. The van der Waals surface area contributed by atoms with Gasteiger partial charge < -0.3 is 19.9 Å². The molecule has 4 aromatic rings. The van der Waals surface area contributed by atoms with Gasteiger partial charge in [0, 0.05) is 19.8 Å². The number of benzene rings is 2. The van der Waals surface area contributed by atoms with E-state index in [-0.39, 0.29) is 18.3 Å². The number of halogens is 3. The standard InChI is InChI=1S/C28H29F3N6O4/c1-16(34-24(38)25-35-23(36-41-25)20-14-33-37(5)15-20)17-6-8-18(9-7-17)22-12-21(28(29,30)31)11-10-19(22)13-32-26(39)40-27(2,3)4/h6-12,14-16H,13H2,1-5H3,(H,32,39)(H,34,38)/t16-/m1/s1. The first-order valence-electron chi connectivity index (χ1n) is 12.6. The molecule has 10 nitrogen and oxygen atoms in total. The maximum atomic E-state index is 13.5. The van der Waals surface area contributed by atoms with Gasteiger partial charge in [0.2, 0.25) is 5.82 Å². The van der Waals surface area contributed by atoms with E-state index < -0.39 is 35.4 Å². The van der Waals surface area contributed by atoms with Gasteiger partial charge in [0.05, 0.1) is 23.4 Å². The maximum Gasteiger partial charge on any atom is 0.416 e. The molecule has 0 saturated carbocycles. The fraction of sp³-hybridized carbons (Fsp3) is 0.321. The van der Waals surface area contributed by atoms with Crippen LogP contribution in [0.3, 0.4) is 0 Å². The molecule has 2 heterocycles. The van der Waals surface area contributed by atoms with Crippen molar-refractivity contribution < 1.29 is 32.0 Å². The summed E-state index contributed by atoms with van der Waals surface area (Å²) in [5, 5.41) is 13.2. The second-order valence-corrected chi connectivity index (χ2v) is 10.4.